The second-order valence-corrected chi connectivity index (χ2v) is 2.46. The standard InChI is InChI=1S/C10H16O3/c1-2-3-4-5-9-13-10(12)7-6-8-11/h2-5,11H,6-9H2,1H3/b3-2+,5-4+. The van der Waals surface area contributed by atoms with Crippen molar-refractivity contribution in [1.29, 1.82) is 0 Å². The van der Waals surface area contributed by atoms with Crippen LogP contribution < -0.4 is 0 Å². The highest BCUT2D eigenvalue weighted by Gasteiger charge is 1.98. The molecule has 1 N–H and O–H groups in total. The molecule has 0 aromatic carbocycles. The van der Waals surface area contributed by atoms with Gasteiger partial charge in [-0.1, -0.05) is 18.2 Å². The Morgan fingerprint density at radius 3 is 2.85 bits per heavy atom. The first kappa shape index (κ1) is 11.9. The summed E-state index contributed by atoms with van der Waals surface area (Å²) in [6.45, 7) is 2.25. The molecule has 0 fully saturated rings. The summed E-state index contributed by atoms with van der Waals surface area (Å²) in [5.41, 5.74) is 0. The molecule has 0 aromatic heterocycles. The third-order valence-corrected chi connectivity index (χ3v) is 1.32. The first-order valence-electron chi connectivity index (χ1n) is 4.35. The van der Waals surface area contributed by atoms with Gasteiger partial charge in [0, 0.05) is 13.0 Å². The fourth-order valence-corrected chi connectivity index (χ4v) is 0.682. The zero-order valence-corrected chi connectivity index (χ0v) is 7.90. The van der Waals surface area contributed by atoms with Crippen LogP contribution in [0.15, 0.2) is 24.3 Å². The van der Waals surface area contributed by atoms with Gasteiger partial charge in [-0.3, -0.25) is 4.79 Å². The van der Waals surface area contributed by atoms with E-state index in [2.05, 4.69) is 0 Å². The van der Waals surface area contributed by atoms with Crippen LogP contribution in [0, 0.1) is 0 Å². The number of ether oxygens (including phenoxy) is 1. The van der Waals surface area contributed by atoms with E-state index in [0.717, 1.165) is 0 Å². The quantitative estimate of drug-likeness (QED) is 0.502. The minimum Gasteiger partial charge on any atom is -0.461 e. The lowest BCUT2D eigenvalue weighted by molar-refractivity contribution is -0.142. The summed E-state index contributed by atoms with van der Waals surface area (Å²) in [5, 5.41) is 8.43. The topological polar surface area (TPSA) is 46.5 Å². The molecule has 0 aliphatic rings. The normalized spacial score (nSPS) is 11.2. The molecule has 0 atom stereocenters. The van der Waals surface area contributed by atoms with E-state index >= 15 is 0 Å². The molecule has 0 rings (SSSR count). The molecule has 0 aliphatic carbocycles. The summed E-state index contributed by atoms with van der Waals surface area (Å²) in [7, 11) is 0. The van der Waals surface area contributed by atoms with Gasteiger partial charge in [0.25, 0.3) is 0 Å². The molecule has 3 heteroatoms. The maximum atomic E-state index is 10.8. The van der Waals surface area contributed by atoms with E-state index in [1.54, 1.807) is 6.08 Å². The predicted molar refractivity (Wildman–Crippen MR) is 51.2 cm³/mol. The maximum absolute atomic E-state index is 10.8. The highest BCUT2D eigenvalue weighted by atomic mass is 16.5. The number of aliphatic hydroxyl groups is 1. The smallest absolute Gasteiger partial charge is 0.306 e. The van der Waals surface area contributed by atoms with Crippen molar-refractivity contribution in [2.45, 2.75) is 19.8 Å². The summed E-state index contributed by atoms with van der Waals surface area (Å²) in [6.07, 6.45) is 8.09. The summed E-state index contributed by atoms with van der Waals surface area (Å²) < 4.78 is 4.82. The second-order valence-electron chi connectivity index (χ2n) is 2.46. The van der Waals surface area contributed by atoms with Gasteiger partial charge in [0.1, 0.15) is 6.61 Å². The number of rotatable bonds is 6. The Balaban J connectivity index is 3.36. The molecule has 0 amide bonds. The van der Waals surface area contributed by atoms with Crippen molar-refractivity contribution >= 4 is 5.97 Å². The maximum Gasteiger partial charge on any atom is 0.306 e. The van der Waals surface area contributed by atoms with E-state index in [9.17, 15) is 4.79 Å². The second kappa shape index (κ2) is 9.00. The van der Waals surface area contributed by atoms with E-state index in [1.165, 1.54) is 0 Å². The number of hydrogen-bond donors (Lipinski definition) is 1. The predicted octanol–water partition coefficient (Wildman–Crippen LogP) is 1.43. The number of aliphatic hydroxyl groups excluding tert-OH is 1. The largest absolute Gasteiger partial charge is 0.461 e. The van der Waals surface area contributed by atoms with Crippen LogP contribution in [0.1, 0.15) is 19.8 Å². The Kier molecular flexibility index (Phi) is 8.25. The van der Waals surface area contributed by atoms with Crippen molar-refractivity contribution in [2.24, 2.45) is 0 Å². The summed E-state index contributed by atoms with van der Waals surface area (Å²) in [6, 6.07) is 0. The number of carbonyl (C=O) groups is 1. The molecular weight excluding hydrogens is 168 g/mol. The Bertz CT molecular complexity index is 183. The Morgan fingerprint density at radius 2 is 2.23 bits per heavy atom. The number of hydrogen-bond acceptors (Lipinski definition) is 3. The zero-order valence-electron chi connectivity index (χ0n) is 7.90. The highest BCUT2D eigenvalue weighted by Crippen LogP contribution is 1.91. The molecule has 0 heterocycles. The molecule has 0 radical (unpaired) electrons. The van der Waals surface area contributed by atoms with E-state index in [4.69, 9.17) is 9.84 Å². The van der Waals surface area contributed by atoms with E-state index in [-0.39, 0.29) is 19.0 Å². The lowest BCUT2D eigenvalue weighted by Crippen LogP contribution is -2.04. The molecule has 74 valence electrons. The third-order valence-electron chi connectivity index (χ3n) is 1.32. The first-order valence-corrected chi connectivity index (χ1v) is 4.35. The Hall–Kier alpha value is -1.09. The lowest BCUT2D eigenvalue weighted by Gasteiger charge is -1.99. The molecule has 0 unspecified atom stereocenters. The van der Waals surface area contributed by atoms with Crippen molar-refractivity contribution in [2.75, 3.05) is 13.2 Å². The van der Waals surface area contributed by atoms with Crippen LogP contribution in [0.25, 0.3) is 0 Å². The third kappa shape index (κ3) is 8.82. The summed E-state index contributed by atoms with van der Waals surface area (Å²) in [5.74, 6) is -0.265. The average molecular weight is 184 g/mol. The Labute approximate surface area is 78.7 Å². The van der Waals surface area contributed by atoms with Crippen molar-refractivity contribution in [3.63, 3.8) is 0 Å². The lowest BCUT2D eigenvalue weighted by atomic mass is 10.3. The van der Waals surface area contributed by atoms with Gasteiger partial charge in [-0.25, -0.2) is 0 Å². The fraction of sp³-hybridized carbons (Fsp3) is 0.500. The van der Waals surface area contributed by atoms with Gasteiger partial charge < -0.3 is 9.84 Å². The molecular formula is C10H16O3. The number of esters is 1. The van der Waals surface area contributed by atoms with Gasteiger partial charge in [-0.2, -0.15) is 0 Å². The molecule has 0 saturated heterocycles. The molecule has 0 aromatic rings. The fourth-order valence-electron chi connectivity index (χ4n) is 0.682. The van der Waals surface area contributed by atoms with Gasteiger partial charge in [-0.15, -0.1) is 0 Å². The molecule has 0 saturated carbocycles. The van der Waals surface area contributed by atoms with Crippen LogP contribution in [-0.2, 0) is 9.53 Å². The van der Waals surface area contributed by atoms with Crippen LogP contribution in [-0.4, -0.2) is 24.3 Å². The number of carbonyl (C=O) groups excluding carboxylic acids is 1. The molecule has 13 heavy (non-hydrogen) atoms. The molecule has 0 spiro atoms. The van der Waals surface area contributed by atoms with E-state index < -0.39 is 0 Å². The average Bonchev–Trinajstić information content (AvgIpc) is 2.14. The van der Waals surface area contributed by atoms with Crippen LogP contribution in [0.4, 0.5) is 0 Å². The van der Waals surface area contributed by atoms with E-state index in [0.29, 0.717) is 13.0 Å². The van der Waals surface area contributed by atoms with Crippen LogP contribution in [0.5, 0.6) is 0 Å². The minimum atomic E-state index is -0.265. The van der Waals surface area contributed by atoms with Crippen molar-refractivity contribution < 1.29 is 14.6 Å². The highest BCUT2D eigenvalue weighted by molar-refractivity contribution is 5.69. The summed E-state index contributed by atoms with van der Waals surface area (Å²) in [4.78, 5) is 10.8. The molecule has 0 bridgehead atoms. The molecule has 0 aliphatic heterocycles. The van der Waals surface area contributed by atoms with Crippen LogP contribution >= 0.6 is 0 Å². The van der Waals surface area contributed by atoms with Crippen molar-refractivity contribution in [1.82, 2.24) is 0 Å². The zero-order chi connectivity index (χ0) is 9.94. The monoisotopic (exact) mass is 184 g/mol. The first-order chi connectivity index (χ1) is 6.31. The van der Waals surface area contributed by atoms with Crippen molar-refractivity contribution in [3.8, 4) is 0 Å². The van der Waals surface area contributed by atoms with Crippen LogP contribution in [0.2, 0.25) is 0 Å². The minimum absolute atomic E-state index is 0.0313. The van der Waals surface area contributed by atoms with Gasteiger partial charge in [0.2, 0.25) is 0 Å². The van der Waals surface area contributed by atoms with Crippen LogP contribution in [0.3, 0.4) is 0 Å². The van der Waals surface area contributed by atoms with E-state index in [1.807, 2.05) is 25.2 Å². The van der Waals surface area contributed by atoms with Crippen molar-refractivity contribution in [3.05, 3.63) is 24.3 Å². The summed E-state index contributed by atoms with van der Waals surface area (Å²) >= 11 is 0. The number of allylic oxidation sites excluding steroid dienone is 3. The Morgan fingerprint density at radius 1 is 1.46 bits per heavy atom. The SMILES string of the molecule is C/C=C/C=C/COC(=O)CCCO. The van der Waals surface area contributed by atoms with Gasteiger partial charge in [-0.05, 0) is 19.4 Å². The van der Waals surface area contributed by atoms with Gasteiger partial charge in [0.15, 0.2) is 0 Å². The van der Waals surface area contributed by atoms with Gasteiger partial charge >= 0.3 is 5.97 Å². The molecule has 3 nitrogen and oxygen atoms in total. The van der Waals surface area contributed by atoms with Gasteiger partial charge in [0.05, 0.1) is 0 Å².